The Morgan fingerprint density at radius 3 is 2.87 bits per heavy atom. The summed E-state index contributed by atoms with van der Waals surface area (Å²) >= 11 is 0. The first-order valence-electron chi connectivity index (χ1n) is 7.55. The number of fused-ring (bicyclic) bond motifs is 1. The van der Waals surface area contributed by atoms with Crippen molar-refractivity contribution < 1.29 is 18.6 Å². The molecule has 5 heteroatoms. The molecule has 0 aromatic heterocycles. The van der Waals surface area contributed by atoms with Crippen LogP contribution in [0.4, 0.5) is 4.39 Å². The summed E-state index contributed by atoms with van der Waals surface area (Å²) < 4.78 is 30.1. The number of ether oxygens (including phenoxy) is 3. The average Bonchev–Trinajstić information content (AvgIpc) is 2.60. The Morgan fingerprint density at radius 2 is 2.09 bits per heavy atom. The van der Waals surface area contributed by atoms with Crippen molar-refractivity contribution in [3.63, 3.8) is 0 Å². The van der Waals surface area contributed by atoms with Crippen molar-refractivity contribution in [3.05, 3.63) is 53.3 Å². The molecule has 1 unspecified atom stereocenters. The van der Waals surface area contributed by atoms with Gasteiger partial charge in [0.25, 0.3) is 0 Å². The Balaban J connectivity index is 1.66. The third-order valence-corrected chi connectivity index (χ3v) is 4.01. The van der Waals surface area contributed by atoms with Gasteiger partial charge in [-0.15, -0.1) is 0 Å². The van der Waals surface area contributed by atoms with E-state index in [0.717, 1.165) is 23.5 Å². The van der Waals surface area contributed by atoms with Crippen LogP contribution in [0.2, 0.25) is 0 Å². The fraction of sp³-hybridized carbons (Fsp3) is 0.333. The smallest absolute Gasteiger partial charge is 0.164 e. The molecule has 2 aromatic carbocycles. The van der Waals surface area contributed by atoms with Gasteiger partial charge in [0.1, 0.15) is 18.2 Å². The molecule has 1 N–H and O–H groups in total. The molecular weight excluding hydrogens is 297 g/mol. The van der Waals surface area contributed by atoms with Gasteiger partial charge in [-0.2, -0.15) is 0 Å². The van der Waals surface area contributed by atoms with Gasteiger partial charge in [0, 0.05) is 18.2 Å². The van der Waals surface area contributed by atoms with E-state index >= 15 is 0 Å². The zero-order chi connectivity index (χ0) is 16.2. The van der Waals surface area contributed by atoms with Crippen LogP contribution in [-0.4, -0.2) is 26.9 Å². The van der Waals surface area contributed by atoms with E-state index in [1.54, 1.807) is 26.4 Å². The van der Waals surface area contributed by atoms with Crippen molar-refractivity contribution in [2.75, 3.05) is 20.8 Å². The SMILES string of the molecule is COc1ccc(F)c(CNC2COc3c(cccc3OC)C2)c1. The molecule has 0 saturated heterocycles. The monoisotopic (exact) mass is 317 g/mol. The molecule has 0 aliphatic carbocycles. The first-order chi connectivity index (χ1) is 11.2. The van der Waals surface area contributed by atoms with E-state index in [1.165, 1.54) is 6.07 Å². The van der Waals surface area contributed by atoms with Crippen LogP contribution >= 0.6 is 0 Å². The second-order valence-electron chi connectivity index (χ2n) is 5.50. The fourth-order valence-corrected chi connectivity index (χ4v) is 2.75. The second kappa shape index (κ2) is 6.87. The van der Waals surface area contributed by atoms with Crippen molar-refractivity contribution in [1.29, 1.82) is 0 Å². The van der Waals surface area contributed by atoms with E-state index in [1.807, 2.05) is 18.2 Å². The summed E-state index contributed by atoms with van der Waals surface area (Å²) in [7, 11) is 3.21. The third kappa shape index (κ3) is 3.40. The number of benzene rings is 2. The van der Waals surface area contributed by atoms with E-state index < -0.39 is 0 Å². The standard InChI is InChI=1S/C18H20FNO3/c1-21-15-6-7-16(19)13(9-15)10-20-14-8-12-4-3-5-17(22-2)18(12)23-11-14/h3-7,9,14,20H,8,10-11H2,1-2H3. The molecule has 0 amide bonds. The van der Waals surface area contributed by atoms with Crippen LogP contribution < -0.4 is 19.5 Å². The largest absolute Gasteiger partial charge is 0.497 e. The fourth-order valence-electron chi connectivity index (χ4n) is 2.75. The van der Waals surface area contributed by atoms with Crippen molar-refractivity contribution in [2.45, 2.75) is 19.0 Å². The molecule has 2 aromatic rings. The predicted octanol–water partition coefficient (Wildman–Crippen LogP) is 2.94. The number of nitrogens with one attached hydrogen (secondary N) is 1. The molecule has 23 heavy (non-hydrogen) atoms. The van der Waals surface area contributed by atoms with Crippen LogP contribution in [0.15, 0.2) is 36.4 Å². The minimum atomic E-state index is -0.239. The number of rotatable bonds is 5. The molecule has 0 spiro atoms. The maximum atomic E-state index is 13.9. The first-order valence-corrected chi connectivity index (χ1v) is 7.55. The zero-order valence-electron chi connectivity index (χ0n) is 13.3. The second-order valence-corrected chi connectivity index (χ2v) is 5.50. The summed E-state index contributed by atoms with van der Waals surface area (Å²) in [5, 5.41) is 3.35. The summed E-state index contributed by atoms with van der Waals surface area (Å²) in [6, 6.07) is 10.7. The lowest BCUT2D eigenvalue weighted by atomic mass is 10.0. The van der Waals surface area contributed by atoms with Crippen LogP contribution in [0.25, 0.3) is 0 Å². The van der Waals surface area contributed by atoms with Gasteiger partial charge in [-0.3, -0.25) is 0 Å². The van der Waals surface area contributed by atoms with Gasteiger partial charge < -0.3 is 19.5 Å². The highest BCUT2D eigenvalue weighted by Gasteiger charge is 2.22. The van der Waals surface area contributed by atoms with Gasteiger partial charge in [0.15, 0.2) is 11.5 Å². The maximum Gasteiger partial charge on any atom is 0.164 e. The van der Waals surface area contributed by atoms with E-state index in [0.29, 0.717) is 24.5 Å². The summed E-state index contributed by atoms with van der Waals surface area (Å²) in [5.41, 5.74) is 1.68. The van der Waals surface area contributed by atoms with Gasteiger partial charge in [-0.25, -0.2) is 4.39 Å². The minimum absolute atomic E-state index is 0.125. The highest BCUT2D eigenvalue weighted by Crippen LogP contribution is 2.34. The van der Waals surface area contributed by atoms with Gasteiger partial charge in [-0.1, -0.05) is 12.1 Å². The number of methoxy groups -OCH3 is 2. The molecule has 1 atom stereocenters. The van der Waals surface area contributed by atoms with Crippen molar-refractivity contribution in [1.82, 2.24) is 5.32 Å². The molecule has 0 fully saturated rings. The average molecular weight is 317 g/mol. The number of halogens is 1. The van der Waals surface area contributed by atoms with Crippen LogP contribution in [0, 0.1) is 5.82 Å². The lowest BCUT2D eigenvalue weighted by molar-refractivity contribution is 0.226. The first kappa shape index (κ1) is 15.6. The normalized spacial score (nSPS) is 16.4. The van der Waals surface area contributed by atoms with Crippen molar-refractivity contribution in [2.24, 2.45) is 0 Å². The molecule has 3 rings (SSSR count). The zero-order valence-corrected chi connectivity index (χ0v) is 13.3. The maximum absolute atomic E-state index is 13.9. The quantitative estimate of drug-likeness (QED) is 0.920. The van der Waals surface area contributed by atoms with E-state index in [9.17, 15) is 4.39 Å². The topological polar surface area (TPSA) is 39.7 Å². The minimum Gasteiger partial charge on any atom is -0.497 e. The molecule has 0 saturated carbocycles. The van der Waals surface area contributed by atoms with E-state index in [-0.39, 0.29) is 11.9 Å². The Kier molecular flexibility index (Phi) is 4.67. The van der Waals surface area contributed by atoms with Crippen LogP contribution in [0.3, 0.4) is 0 Å². The molecular formula is C18H20FNO3. The number of hydrogen-bond donors (Lipinski definition) is 1. The van der Waals surface area contributed by atoms with E-state index in [4.69, 9.17) is 14.2 Å². The molecule has 122 valence electrons. The molecule has 1 heterocycles. The van der Waals surface area contributed by atoms with Crippen LogP contribution in [0.5, 0.6) is 17.2 Å². The Labute approximate surface area is 135 Å². The Hall–Kier alpha value is -2.27. The summed E-state index contributed by atoms with van der Waals surface area (Å²) in [6.45, 7) is 0.954. The molecule has 0 bridgehead atoms. The van der Waals surface area contributed by atoms with E-state index in [2.05, 4.69) is 5.32 Å². The molecule has 4 nitrogen and oxygen atoms in total. The highest BCUT2D eigenvalue weighted by molar-refractivity contribution is 5.48. The molecule has 1 aliphatic rings. The molecule has 0 radical (unpaired) electrons. The predicted molar refractivity (Wildman–Crippen MR) is 85.8 cm³/mol. The number of hydrogen-bond acceptors (Lipinski definition) is 4. The summed E-state index contributed by atoms with van der Waals surface area (Å²) in [5.74, 6) is 1.97. The van der Waals surface area contributed by atoms with Gasteiger partial charge in [0.05, 0.1) is 14.2 Å². The van der Waals surface area contributed by atoms with Gasteiger partial charge in [-0.05, 0) is 36.2 Å². The Morgan fingerprint density at radius 1 is 1.22 bits per heavy atom. The van der Waals surface area contributed by atoms with Crippen LogP contribution in [0.1, 0.15) is 11.1 Å². The lowest BCUT2D eigenvalue weighted by Gasteiger charge is -2.27. The Bertz CT molecular complexity index is 690. The lowest BCUT2D eigenvalue weighted by Crippen LogP contribution is -2.39. The van der Waals surface area contributed by atoms with Crippen molar-refractivity contribution in [3.8, 4) is 17.2 Å². The van der Waals surface area contributed by atoms with Crippen molar-refractivity contribution >= 4 is 0 Å². The highest BCUT2D eigenvalue weighted by atomic mass is 19.1. The van der Waals surface area contributed by atoms with Gasteiger partial charge >= 0.3 is 0 Å². The molecule has 1 aliphatic heterocycles. The third-order valence-electron chi connectivity index (χ3n) is 4.01. The summed E-state index contributed by atoms with van der Waals surface area (Å²) in [4.78, 5) is 0. The van der Waals surface area contributed by atoms with Gasteiger partial charge in [0.2, 0.25) is 0 Å². The summed E-state index contributed by atoms with van der Waals surface area (Å²) in [6.07, 6.45) is 0.818. The number of para-hydroxylation sites is 1. The van der Waals surface area contributed by atoms with Crippen LogP contribution in [-0.2, 0) is 13.0 Å².